The van der Waals surface area contributed by atoms with Crippen LogP contribution >= 0.6 is 0 Å². The molecule has 10 aromatic rings. The molecule has 0 heterocycles. The van der Waals surface area contributed by atoms with Crippen molar-refractivity contribution in [1.82, 2.24) is 0 Å². The Morgan fingerprint density at radius 2 is 0.667 bits per heavy atom. The first kappa shape index (κ1) is 34.6. The van der Waals surface area contributed by atoms with Gasteiger partial charge in [0.2, 0.25) is 0 Å². The minimum absolute atomic E-state index is 1.13. The van der Waals surface area contributed by atoms with Crippen molar-refractivity contribution >= 4 is 66.4 Å². The fraction of sp³-hybridized carbons (Fsp3) is 0.0690. The molecule has 10 aromatic carbocycles. The molecular weight excluding hydrogens is 725 g/mol. The standard InChI is InChI=1S/C58H42N2/c1-3-17-47(18-4-1)59(57-23-11-15-41-13-7-9-21-51(41)57)49-35-53(45-31-27-39-25-29-43(39)33-45)56-38-50(36-54(55(56)37-49)46-32-28-40-26-30-44(40)34-46)60(48-19-5-2-6-20-48)58-24-12-16-42-14-8-10-22-52(42)58/h1-24,27-28,31-38H,25-26,29-30H2. The summed E-state index contributed by atoms with van der Waals surface area (Å²) in [4.78, 5) is 4.93. The molecule has 0 bridgehead atoms. The van der Waals surface area contributed by atoms with Crippen molar-refractivity contribution in [3.63, 3.8) is 0 Å². The molecule has 0 fully saturated rings. The van der Waals surface area contributed by atoms with Crippen molar-refractivity contribution in [1.29, 1.82) is 0 Å². The number of aryl methyl sites for hydroxylation is 4. The maximum absolute atomic E-state index is 2.47. The van der Waals surface area contributed by atoms with E-state index >= 15 is 0 Å². The van der Waals surface area contributed by atoms with Crippen LogP contribution in [0.4, 0.5) is 34.1 Å². The second-order valence-electron chi connectivity index (χ2n) is 16.4. The Hall–Kier alpha value is -7.42. The normalized spacial score (nSPS) is 12.7. The van der Waals surface area contributed by atoms with Crippen LogP contribution in [0.15, 0.2) is 206 Å². The Morgan fingerprint density at radius 3 is 1.08 bits per heavy atom. The van der Waals surface area contributed by atoms with E-state index < -0.39 is 0 Å². The molecule has 2 aliphatic carbocycles. The monoisotopic (exact) mass is 766 g/mol. The molecule has 60 heavy (non-hydrogen) atoms. The van der Waals surface area contributed by atoms with E-state index in [9.17, 15) is 0 Å². The fourth-order valence-electron chi connectivity index (χ4n) is 9.71. The molecule has 2 nitrogen and oxygen atoms in total. The topological polar surface area (TPSA) is 6.48 Å². The summed E-state index contributed by atoms with van der Waals surface area (Å²) in [6, 6.07) is 76.8. The predicted molar refractivity (Wildman–Crippen MR) is 254 cm³/mol. The van der Waals surface area contributed by atoms with E-state index in [1.54, 1.807) is 0 Å². The highest BCUT2D eigenvalue weighted by atomic mass is 15.2. The molecule has 0 amide bonds. The molecule has 2 aliphatic rings. The SMILES string of the molecule is c1ccc(N(c2cc(-c3ccc4c(c3)CC4)c3cc(N(c4ccccc4)c4cccc5ccccc45)cc(-c4ccc5c(c4)CC5)c3c2)c2cccc3ccccc23)cc1. The van der Waals surface area contributed by atoms with Gasteiger partial charge in [-0.05, 0) is 152 Å². The van der Waals surface area contributed by atoms with Gasteiger partial charge >= 0.3 is 0 Å². The van der Waals surface area contributed by atoms with Crippen LogP contribution in [-0.2, 0) is 25.7 Å². The number of hydrogen-bond acceptors (Lipinski definition) is 2. The largest absolute Gasteiger partial charge is 0.310 e. The van der Waals surface area contributed by atoms with Crippen molar-refractivity contribution in [3.8, 4) is 22.3 Å². The molecule has 0 N–H and O–H groups in total. The van der Waals surface area contributed by atoms with Crippen LogP contribution < -0.4 is 9.80 Å². The summed E-state index contributed by atoms with van der Waals surface area (Å²) in [5, 5.41) is 7.36. The molecule has 12 rings (SSSR count). The van der Waals surface area contributed by atoms with Gasteiger partial charge in [-0.15, -0.1) is 0 Å². The highest BCUT2D eigenvalue weighted by molar-refractivity contribution is 6.11. The smallest absolute Gasteiger partial charge is 0.0540 e. The van der Waals surface area contributed by atoms with E-state index in [1.165, 1.54) is 76.8 Å². The van der Waals surface area contributed by atoms with E-state index in [-0.39, 0.29) is 0 Å². The first-order valence-electron chi connectivity index (χ1n) is 21.3. The number of fused-ring (bicyclic) bond motifs is 5. The summed E-state index contributed by atoms with van der Waals surface area (Å²) in [7, 11) is 0. The van der Waals surface area contributed by atoms with Crippen LogP contribution in [0.1, 0.15) is 22.3 Å². The van der Waals surface area contributed by atoms with E-state index in [2.05, 4.69) is 216 Å². The molecule has 0 radical (unpaired) electrons. The lowest BCUT2D eigenvalue weighted by Crippen LogP contribution is -2.12. The average Bonchev–Trinajstić information content (AvgIpc) is 3.28. The van der Waals surface area contributed by atoms with Crippen molar-refractivity contribution in [2.45, 2.75) is 25.7 Å². The Morgan fingerprint density at radius 1 is 0.267 bits per heavy atom. The summed E-state index contributed by atoms with van der Waals surface area (Å²) in [5.41, 5.74) is 17.7. The van der Waals surface area contributed by atoms with Gasteiger partial charge in [0.15, 0.2) is 0 Å². The van der Waals surface area contributed by atoms with Crippen LogP contribution in [0.25, 0.3) is 54.6 Å². The lowest BCUT2D eigenvalue weighted by Gasteiger charge is -2.30. The quantitative estimate of drug-likeness (QED) is 0.152. The number of benzene rings is 10. The Bertz CT molecular complexity index is 3040. The highest BCUT2D eigenvalue weighted by Crippen LogP contribution is 2.49. The van der Waals surface area contributed by atoms with Crippen molar-refractivity contribution in [2.75, 3.05) is 9.80 Å². The van der Waals surface area contributed by atoms with Crippen LogP contribution in [0.2, 0.25) is 0 Å². The van der Waals surface area contributed by atoms with E-state index in [0.717, 1.165) is 59.8 Å². The number of anilines is 6. The number of para-hydroxylation sites is 2. The van der Waals surface area contributed by atoms with Crippen LogP contribution in [0.5, 0.6) is 0 Å². The van der Waals surface area contributed by atoms with E-state index in [1.807, 2.05) is 0 Å². The zero-order valence-corrected chi connectivity index (χ0v) is 33.4. The van der Waals surface area contributed by atoms with Crippen molar-refractivity contribution in [2.24, 2.45) is 0 Å². The molecule has 0 unspecified atom stereocenters. The van der Waals surface area contributed by atoms with Gasteiger partial charge in [0.1, 0.15) is 0 Å². The molecular formula is C58H42N2. The minimum atomic E-state index is 1.13. The molecule has 0 aliphatic heterocycles. The maximum Gasteiger partial charge on any atom is 0.0540 e. The third-order valence-electron chi connectivity index (χ3n) is 13.0. The van der Waals surface area contributed by atoms with Gasteiger partial charge in [-0.2, -0.15) is 0 Å². The predicted octanol–water partition coefficient (Wildman–Crippen LogP) is 15.6. The summed E-state index contributed by atoms with van der Waals surface area (Å²) in [6.45, 7) is 0. The van der Waals surface area contributed by atoms with Gasteiger partial charge in [-0.1, -0.05) is 146 Å². The number of nitrogens with zero attached hydrogens (tertiary/aromatic N) is 2. The second kappa shape index (κ2) is 14.1. The van der Waals surface area contributed by atoms with Gasteiger partial charge < -0.3 is 9.80 Å². The van der Waals surface area contributed by atoms with Crippen LogP contribution in [0.3, 0.4) is 0 Å². The van der Waals surface area contributed by atoms with Crippen LogP contribution in [0, 0.1) is 0 Å². The maximum atomic E-state index is 2.47. The summed E-state index contributed by atoms with van der Waals surface area (Å²) in [6.07, 6.45) is 4.56. The number of hydrogen-bond donors (Lipinski definition) is 0. The lowest BCUT2D eigenvalue weighted by atomic mass is 9.83. The third kappa shape index (κ3) is 5.79. The van der Waals surface area contributed by atoms with E-state index in [0.29, 0.717) is 0 Å². The van der Waals surface area contributed by atoms with Gasteiger partial charge in [0.05, 0.1) is 11.4 Å². The van der Waals surface area contributed by atoms with Gasteiger partial charge in [0, 0.05) is 33.5 Å². The third-order valence-corrected chi connectivity index (χ3v) is 13.0. The highest BCUT2D eigenvalue weighted by Gasteiger charge is 2.24. The summed E-state index contributed by atoms with van der Waals surface area (Å²) < 4.78 is 0. The fourth-order valence-corrected chi connectivity index (χ4v) is 9.71. The first-order valence-corrected chi connectivity index (χ1v) is 21.3. The first-order chi connectivity index (χ1) is 29.7. The van der Waals surface area contributed by atoms with Gasteiger partial charge in [-0.3, -0.25) is 0 Å². The van der Waals surface area contributed by atoms with Crippen LogP contribution in [-0.4, -0.2) is 0 Å². The minimum Gasteiger partial charge on any atom is -0.310 e. The zero-order valence-electron chi connectivity index (χ0n) is 33.4. The van der Waals surface area contributed by atoms with Crippen molar-refractivity contribution in [3.05, 3.63) is 229 Å². The van der Waals surface area contributed by atoms with Gasteiger partial charge in [-0.25, -0.2) is 0 Å². The average molecular weight is 767 g/mol. The molecule has 2 heteroatoms. The Balaban J connectivity index is 1.20. The van der Waals surface area contributed by atoms with Gasteiger partial charge in [0.25, 0.3) is 0 Å². The molecule has 0 atom stereocenters. The zero-order chi connectivity index (χ0) is 39.6. The molecule has 0 saturated carbocycles. The molecule has 0 spiro atoms. The second-order valence-corrected chi connectivity index (χ2v) is 16.4. The lowest BCUT2D eigenvalue weighted by molar-refractivity contribution is 0.840. The summed E-state index contributed by atoms with van der Waals surface area (Å²) >= 11 is 0. The molecule has 0 saturated heterocycles. The number of rotatable bonds is 8. The van der Waals surface area contributed by atoms with E-state index in [4.69, 9.17) is 0 Å². The Labute approximate surface area is 351 Å². The molecule has 284 valence electrons. The Kier molecular flexibility index (Phi) is 8.16. The summed E-state index contributed by atoms with van der Waals surface area (Å²) in [5.74, 6) is 0. The van der Waals surface area contributed by atoms with Crippen molar-refractivity contribution < 1.29 is 0 Å². The molecule has 0 aromatic heterocycles.